The Bertz CT molecular complexity index is 560. The molecule has 1 heterocycles. The molecule has 0 saturated carbocycles. The van der Waals surface area contributed by atoms with E-state index in [4.69, 9.17) is 0 Å². The van der Waals surface area contributed by atoms with Gasteiger partial charge in [-0.3, -0.25) is 4.79 Å². The maximum atomic E-state index is 12.5. The summed E-state index contributed by atoms with van der Waals surface area (Å²) in [5.74, 6) is 0.160. The van der Waals surface area contributed by atoms with Crippen molar-refractivity contribution in [3.05, 3.63) is 30.3 Å². The first-order valence-electron chi connectivity index (χ1n) is 7.62. The van der Waals surface area contributed by atoms with Crippen molar-refractivity contribution in [3.63, 3.8) is 0 Å². The van der Waals surface area contributed by atoms with Crippen molar-refractivity contribution in [1.29, 1.82) is 0 Å². The standard InChI is InChI=1S/C16H23NO3S/c1-2-3-9-16(18)17-12-10-15(11-13-17)21(19,20)14-7-5-4-6-8-14/h4-8,15H,2-3,9-13H2,1H3. The average molecular weight is 309 g/mol. The summed E-state index contributed by atoms with van der Waals surface area (Å²) >= 11 is 0. The summed E-state index contributed by atoms with van der Waals surface area (Å²) in [5, 5.41) is -0.366. The van der Waals surface area contributed by atoms with E-state index in [0.29, 0.717) is 37.2 Å². The van der Waals surface area contributed by atoms with Crippen molar-refractivity contribution in [2.45, 2.75) is 49.2 Å². The molecule has 0 unspecified atom stereocenters. The Hall–Kier alpha value is -1.36. The Morgan fingerprint density at radius 2 is 1.81 bits per heavy atom. The second-order valence-electron chi connectivity index (χ2n) is 5.54. The minimum atomic E-state index is -3.27. The number of sulfone groups is 1. The lowest BCUT2D eigenvalue weighted by Gasteiger charge is -2.31. The van der Waals surface area contributed by atoms with Crippen LogP contribution < -0.4 is 0 Å². The molecule has 116 valence electrons. The molecule has 1 aromatic carbocycles. The topological polar surface area (TPSA) is 54.5 Å². The van der Waals surface area contributed by atoms with Gasteiger partial charge < -0.3 is 4.90 Å². The quantitative estimate of drug-likeness (QED) is 0.840. The zero-order valence-electron chi connectivity index (χ0n) is 12.5. The molecule has 1 aromatic rings. The lowest BCUT2D eigenvalue weighted by molar-refractivity contribution is -0.132. The number of amides is 1. The number of hydrogen-bond donors (Lipinski definition) is 0. The van der Waals surface area contributed by atoms with Crippen molar-refractivity contribution in [1.82, 2.24) is 4.90 Å². The number of hydrogen-bond acceptors (Lipinski definition) is 3. The smallest absolute Gasteiger partial charge is 0.222 e. The summed E-state index contributed by atoms with van der Waals surface area (Å²) in [4.78, 5) is 14.2. The lowest BCUT2D eigenvalue weighted by Crippen LogP contribution is -2.42. The van der Waals surface area contributed by atoms with Gasteiger partial charge in [0, 0.05) is 19.5 Å². The molecular formula is C16H23NO3S. The predicted molar refractivity (Wildman–Crippen MR) is 82.8 cm³/mol. The molecule has 0 atom stereocenters. The Balaban J connectivity index is 1.96. The minimum Gasteiger partial charge on any atom is -0.343 e. The van der Waals surface area contributed by atoms with Gasteiger partial charge in [0.2, 0.25) is 5.91 Å². The minimum absolute atomic E-state index is 0.160. The maximum absolute atomic E-state index is 12.5. The Labute approximate surface area is 127 Å². The van der Waals surface area contributed by atoms with Gasteiger partial charge in [-0.1, -0.05) is 31.5 Å². The summed E-state index contributed by atoms with van der Waals surface area (Å²) < 4.78 is 25.1. The van der Waals surface area contributed by atoms with Crippen LogP contribution in [0.2, 0.25) is 0 Å². The molecule has 0 bridgehead atoms. The van der Waals surface area contributed by atoms with E-state index in [1.54, 1.807) is 24.3 Å². The second-order valence-corrected chi connectivity index (χ2v) is 7.77. The summed E-state index contributed by atoms with van der Waals surface area (Å²) in [6.07, 6.45) is 3.56. The summed E-state index contributed by atoms with van der Waals surface area (Å²) in [7, 11) is -3.27. The second kappa shape index (κ2) is 7.07. The zero-order chi connectivity index (χ0) is 15.3. The van der Waals surface area contributed by atoms with Gasteiger partial charge in [0.05, 0.1) is 10.1 Å². The van der Waals surface area contributed by atoms with Gasteiger partial charge in [-0.25, -0.2) is 8.42 Å². The highest BCUT2D eigenvalue weighted by Crippen LogP contribution is 2.24. The molecule has 5 heteroatoms. The van der Waals surface area contributed by atoms with Crippen LogP contribution >= 0.6 is 0 Å². The van der Waals surface area contributed by atoms with E-state index in [2.05, 4.69) is 6.92 Å². The molecule has 0 spiro atoms. The van der Waals surface area contributed by atoms with Gasteiger partial charge in [-0.15, -0.1) is 0 Å². The number of rotatable bonds is 5. The SMILES string of the molecule is CCCCC(=O)N1CCC(S(=O)(=O)c2ccccc2)CC1. The zero-order valence-corrected chi connectivity index (χ0v) is 13.3. The van der Waals surface area contributed by atoms with E-state index in [1.165, 1.54) is 0 Å². The normalized spacial score (nSPS) is 16.9. The fourth-order valence-corrected chi connectivity index (χ4v) is 4.46. The van der Waals surface area contributed by atoms with E-state index in [0.717, 1.165) is 12.8 Å². The first-order valence-corrected chi connectivity index (χ1v) is 9.17. The van der Waals surface area contributed by atoms with Crippen molar-refractivity contribution in [2.24, 2.45) is 0 Å². The van der Waals surface area contributed by atoms with Crippen LogP contribution in [0, 0.1) is 0 Å². The predicted octanol–water partition coefficient (Wildman–Crippen LogP) is 2.64. The molecule has 0 aromatic heterocycles. The van der Waals surface area contributed by atoms with Crippen LogP contribution in [-0.4, -0.2) is 37.6 Å². The van der Waals surface area contributed by atoms with Crippen LogP contribution in [0.5, 0.6) is 0 Å². The molecule has 1 amide bonds. The molecule has 21 heavy (non-hydrogen) atoms. The van der Waals surface area contributed by atoms with Crippen molar-refractivity contribution < 1.29 is 13.2 Å². The Morgan fingerprint density at radius 3 is 2.38 bits per heavy atom. The summed E-state index contributed by atoms with van der Waals surface area (Å²) in [6.45, 7) is 3.17. The molecule has 0 N–H and O–H groups in total. The molecule has 1 aliphatic heterocycles. The van der Waals surface area contributed by atoms with Crippen LogP contribution in [0.4, 0.5) is 0 Å². The highest BCUT2D eigenvalue weighted by molar-refractivity contribution is 7.92. The van der Waals surface area contributed by atoms with Crippen LogP contribution in [-0.2, 0) is 14.6 Å². The van der Waals surface area contributed by atoms with E-state index in [9.17, 15) is 13.2 Å². The number of nitrogens with zero attached hydrogens (tertiary/aromatic N) is 1. The molecule has 1 saturated heterocycles. The number of unbranched alkanes of at least 4 members (excludes halogenated alkanes) is 1. The summed E-state index contributed by atoms with van der Waals surface area (Å²) in [5.41, 5.74) is 0. The van der Waals surface area contributed by atoms with Gasteiger partial charge in [-0.2, -0.15) is 0 Å². The van der Waals surface area contributed by atoms with E-state index < -0.39 is 9.84 Å². The number of piperidine rings is 1. The van der Waals surface area contributed by atoms with Crippen molar-refractivity contribution >= 4 is 15.7 Å². The van der Waals surface area contributed by atoms with Crippen molar-refractivity contribution in [2.75, 3.05) is 13.1 Å². The highest BCUT2D eigenvalue weighted by atomic mass is 32.2. The Morgan fingerprint density at radius 1 is 1.19 bits per heavy atom. The third-order valence-electron chi connectivity index (χ3n) is 4.05. The number of carbonyl (C=O) groups excluding carboxylic acids is 1. The third-order valence-corrected chi connectivity index (χ3v) is 6.33. The highest BCUT2D eigenvalue weighted by Gasteiger charge is 2.32. The Kier molecular flexibility index (Phi) is 5.39. The number of likely N-dealkylation sites (tertiary alicyclic amines) is 1. The van der Waals surface area contributed by atoms with Gasteiger partial charge in [0.1, 0.15) is 0 Å². The van der Waals surface area contributed by atoms with Crippen molar-refractivity contribution in [3.8, 4) is 0 Å². The molecular weight excluding hydrogens is 286 g/mol. The largest absolute Gasteiger partial charge is 0.343 e. The fraction of sp³-hybridized carbons (Fsp3) is 0.562. The molecule has 1 fully saturated rings. The first-order chi connectivity index (χ1) is 10.1. The maximum Gasteiger partial charge on any atom is 0.222 e. The lowest BCUT2D eigenvalue weighted by atomic mass is 10.1. The van der Waals surface area contributed by atoms with Gasteiger partial charge in [0.15, 0.2) is 9.84 Å². The third kappa shape index (κ3) is 3.84. The molecule has 4 nitrogen and oxygen atoms in total. The van der Waals surface area contributed by atoms with Gasteiger partial charge in [-0.05, 0) is 31.4 Å². The van der Waals surface area contributed by atoms with Gasteiger partial charge >= 0.3 is 0 Å². The first kappa shape index (κ1) is 16.0. The fourth-order valence-electron chi connectivity index (χ4n) is 2.70. The van der Waals surface area contributed by atoms with E-state index in [-0.39, 0.29) is 11.2 Å². The van der Waals surface area contributed by atoms with Crippen LogP contribution in [0.3, 0.4) is 0 Å². The van der Waals surface area contributed by atoms with Crippen LogP contribution in [0.15, 0.2) is 35.2 Å². The van der Waals surface area contributed by atoms with E-state index >= 15 is 0 Å². The van der Waals surface area contributed by atoms with Crippen LogP contribution in [0.1, 0.15) is 39.0 Å². The molecule has 0 aliphatic carbocycles. The van der Waals surface area contributed by atoms with Crippen LogP contribution in [0.25, 0.3) is 0 Å². The molecule has 0 radical (unpaired) electrons. The molecule has 1 aliphatic rings. The monoisotopic (exact) mass is 309 g/mol. The van der Waals surface area contributed by atoms with E-state index in [1.807, 2.05) is 11.0 Å². The molecule has 2 rings (SSSR count). The number of benzene rings is 1. The number of carbonyl (C=O) groups is 1. The summed E-state index contributed by atoms with van der Waals surface area (Å²) in [6, 6.07) is 8.60. The average Bonchev–Trinajstić information content (AvgIpc) is 2.53. The van der Waals surface area contributed by atoms with Gasteiger partial charge in [0.25, 0.3) is 0 Å².